The normalized spacial score (nSPS) is 17.6. The highest BCUT2D eigenvalue weighted by atomic mass is 35.5. The number of amides is 1. The summed E-state index contributed by atoms with van der Waals surface area (Å²) in [6.07, 6.45) is 2.69. The van der Waals surface area contributed by atoms with E-state index in [2.05, 4.69) is 4.99 Å². The molecule has 0 radical (unpaired) electrons. The van der Waals surface area contributed by atoms with Gasteiger partial charge in [0.1, 0.15) is 6.54 Å². The summed E-state index contributed by atoms with van der Waals surface area (Å²) in [5.74, 6) is -1.02. The summed E-state index contributed by atoms with van der Waals surface area (Å²) in [6.45, 7) is 4.21. The molecule has 1 amide bonds. The number of nitrogens with zero attached hydrogens (tertiary/aromatic N) is 3. The average Bonchev–Trinajstić information content (AvgIpc) is 3.17. The van der Waals surface area contributed by atoms with Crippen molar-refractivity contribution in [3.8, 4) is 0 Å². The van der Waals surface area contributed by atoms with Crippen LogP contribution in [0.2, 0.25) is 5.02 Å². The van der Waals surface area contributed by atoms with Crippen molar-refractivity contribution in [3.63, 3.8) is 0 Å². The van der Waals surface area contributed by atoms with Crippen LogP contribution in [0.15, 0.2) is 52.4 Å². The van der Waals surface area contributed by atoms with Gasteiger partial charge in [0.2, 0.25) is 10.0 Å². The zero-order valence-electron chi connectivity index (χ0n) is 19.4. The van der Waals surface area contributed by atoms with Gasteiger partial charge in [0.25, 0.3) is 5.91 Å². The first kappa shape index (κ1) is 25.6. The molecule has 1 atom stereocenters. The van der Waals surface area contributed by atoms with Crippen LogP contribution in [0.25, 0.3) is 10.2 Å². The number of fused-ring (bicyclic) bond motifs is 1. The number of esters is 1. The molecule has 1 fully saturated rings. The summed E-state index contributed by atoms with van der Waals surface area (Å²) in [5.41, 5.74) is 0.831. The predicted octanol–water partition coefficient (Wildman–Crippen LogP) is 4.22. The molecule has 8 nitrogen and oxygen atoms in total. The standard InChI is InChI=1S/C24H26ClN3O5S2/c1-3-33-21(29)15-27-22-19(25)8-6-9-20(22)34-24(27)26-23(30)17-10-12-18(13-11-17)35(31,32)28-14-5-4-7-16(28)2/h6,8-13,16H,3-5,7,14-15H2,1-2H3. The molecule has 0 spiro atoms. The van der Waals surface area contributed by atoms with Crippen LogP contribution in [0.5, 0.6) is 0 Å². The van der Waals surface area contributed by atoms with Crippen LogP contribution in [-0.2, 0) is 26.1 Å². The van der Waals surface area contributed by atoms with E-state index in [4.69, 9.17) is 16.3 Å². The Balaban J connectivity index is 1.67. The highest BCUT2D eigenvalue weighted by Gasteiger charge is 2.31. The Morgan fingerprint density at radius 1 is 1.17 bits per heavy atom. The Kier molecular flexibility index (Phi) is 7.75. The molecule has 186 valence electrons. The van der Waals surface area contributed by atoms with Gasteiger partial charge in [0, 0.05) is 18.2 Å². The number of sulfonamides is 1. The van der Waals surface area contributed by atoms with Crippen molar-refractivity contribution in [1.82, 2.24) is 8.87 Å². The number of hydrogen-bond acceptors (Lipinski definition) is 6. The van der Waals surface area contributed by atoms with Gasteiger partial charge in [0.15, 0.2) is 4.80 Å². The molecule has 0 N–H and O–H groups in total. The van der Waals surface area contributed by atoms with Crippen LogP contribution in [0.1, 0.15) is 43.5 Å². The number of benzene rings is 2. The van der Waals surface area contributed by atoms with Gasteiger partial charge in [0.05, 0.1) is 26.7 Å². The molecular weight excluding hydrogens is 510 g/mol. The maximum Gasteiger partial charge on any atom is 0.326 e. The number of carbonyl (C=O) groups excluding carboxylic acids is 2. The van der Waals surface area contributed by atoms with Gasteiger partial charge in [-0.25, -0.2) is 8.42 Å². The Morgan fingerprint density at radius 3 is 2.60 bits per heavy atom. The maximum atomic E-state index is 13.1. The zero-order valence-corrected chi connectivity index (χ0v) is 21.8. The van der Waals surface area contributed by atoms with Gasteiger partial charge in [-0.05, 0) is 63.1 Å². The molecule has 4 rings (SSSR count). The van der Waals surface area contributed by atoms with Crippen molar-refractivity contribution in [3.05, 3.63) is 57.9 Å². The molecule has 0 bridgehead atoms. The molecule has 11 heteroatoms. The van der Waals surface area contributed by atoms with E-state index in [0.29, 0.717) is 21.9 Å². The van der Waals surface area contributed by atoms with Crippen LogP contribution in [-0.4, -0.2) is 48.4 Å². The van der Waals surface area contributed by atoms with E-state index >= 15 is 0 Å². The summed E-state index contributed by atoms with van der Waals surface area (Å²) in [7, 11) is -3.64. The molecular formula is C24H26ClN3O5S2. The topological polar surface area (TPSA) is 98.0 Å². The Morgan fingerprint density at radius 2 is 1.91 bits per heavy atom. The molecule has 1 aromatic heterocycles. The number of thiazole rings is 1. The number of para-hydroxylation sites is 1. The van der Waals surface area contributed by atoms with Gasteiger partial charge >= 0.3 is 5.97 Å². The molecule has 0 saturated carbocycles. The maximum absolute atomic E-state index is 13.1. The molecule has 3 aromatic rings. The molecule has 2 heterocycles. The first-order valence-corrected chi connectivity index (χ1v) is 14.0. The van der Waals surface area contributed by atoms with E-state index in [-0.39, 0.29) is 29.7 Å². The predicted molar refractivity (Wildman–Crippen MR) is 135 cm³/mol. The largest absolute Gasteiger partial charge is 0.465 e. The Labute approximate surface area is 212 Å². The van der Waals surface area contributed by atoms with Crippen molar-refractivity contribution in [2.75, 3.05) is 13.2 Å². The van der Waals surface area contributed by atoms with Gasteiger partial charge in [-0.15, -0.1) is 0 Å². The SMILES string of the molecule is CCOC(=O)Cn1c(=NC(=O)c2ccc(S(=O)(=O)N3CCCCC3C)cc2)sc2cccc(Cl)c21. The summed E-state index contributed by atoms with van der Waals surface area (Å²) in [6, 6.07) is 11.1. The highest BCUT2D eigenvalue weighted by Crippen LogP contribution is 2.27. The van der Waals surface area contributed by atoms with Crippen molar-refractivity contribution in [1.29, 1.82) is 0 Å². The van der Waals surface area contributed by atoms with E-state index in [1.54, 1.807) is 23.6 Å². The molecule has 2 aromatic carbocycles. The molecule has 35 heavy (non-hydrogen) atoms. The van der Waals surface area contributed by atoms with E-state index in [9.17, 15) is 18.0 Å². The summed E-state index contributed by atoms with van der Waals surface area (Å²) in [5, 5.41) is 0.429. The third-order valence-corrected chi connectivity index (χ3v) is 9.27. The third kappa shape index (κ3) is 5.35. The number of carbonyl (C=O) groups is 2. The number of ether oxygens (including phenoxy) is 1. The second-order valence-electron chi connectivity index (χ2n) is 8.26. The Hall–Kier alpha value is -2.53. The lowest BCUT2D eigenvalue weighted by molar-refractivity contribution is -0.143. The fraction of sp³-hybridized carbons (Fsp3) is 0.375. The van der Waals surface area contributed by atoms with Gasteiger partial charge in [-0.2, -0.15) is 9.30 Å². The lowest BCUT2D eigenvalue weighted by Crippen LogP contribution is -2.41. The minimum Gasteiger partial charge on any atom is -0.465 e. The summed E-state index contributed by atoms with van der Waals surface area (Å²) in [4.78, 5) is 29.8. The fourth-order valence-corrected chi connectivity index (χ4v) is 7.23. The lowest BCUT2D eigenvalue weighted by Gasteiger charge is -2.32. The van der Waals surface area contributed by atoms with Gasteiger partial charge < -0.3 is 9.30 Å². The van der Waals surface area contributed by atoms with Crippen molar-refractivity contribution in [2.45, 2.75) is 50.6 Å². The van der Waals surface area contributed by atoms with E-state index < -0.39 is 21.9 Å². The minimum atomic E-state index is -3.64. The van der Waals surface area contributed by atoms with E-state index in [0.717, 1.165) is 24.0 Å². The average molecular weight is 536 g/mol. The van der Waals surface area contributed by atoms with Gasteiger partial charge in [-0.3, -0.25) is 9.59 Å². The number of halogens is 1. The minimum absolute atomic E-state index is 0.0558. The number of rotatable bonds is 6. The number of aromatic nitrogens is 1. The van der Waals surface area contributed by atoms with E-state index in [1.165, 1.54) is 39.9 Å². The number of hydrogen-bond donors (Lipinski definition) is 0. The summed E-state index contributed by atoms with van der Waals surface area (Å²) < 4.78 is 35.0. The second-order valence-corrected chi connectivity index (χ2v) is 11.6. The fourth-order valence-electron chi connectivity index (χ4n) is 4.14. The lowest BCUT2D eigenvalue weighted by atomic mass is 10.1. The van der Waals surface area contributed by atoms with Crippen LogP contribution in [0.4, 0.5) is 0 Å². The van der Waals surface area contributed by atoms with Gasteiger partial charge in [-0.1, -0.05) is 35.4 Å². The first-order chi connectivity index (χ1) is 16.7. The van der Waals surface area contributed by atoms with E-state index in [1.807, 2.05) is 13.0 Å². The molecule has 1 saturated heterocycles. The second kappa shape index (κ2) is 10.6. The molecule has 1 unspecified atom stereocenters. The highest BCUT2D eigenvalue weighted by molar-refractivity contribution is 7.89. The molecule has 1 aliphatic heterocycles. The van der Waals surface area contributed by atoms with Crippen molar-refractivity contribution in [2.24, 2.45) is 4.99 Å². The van der Waals surface area contributed by atoms with Crippen LogP contribution < -0.4 is 4.80 Å². The zero-order chi connectivity index (χ0) is 25.2. The van der Waals surface area contributed by atoms with Crippen LogP contribution in [0, 0.1) is 0 Å². The Bertz CT molecular complexity index is 1430. The first-order valence-electron chi connectivity index (χ1n) is 11.4. The van der Waals surface area contributed by atoms with Crippen LogP contribution >= 0.6 is 22.9 Å². The summed E-state index contributed by atoms with van der Waals surface area (Å²) >= 11 is 7.60. The van der Waals surface area contributed by atoms with Crippen molar-refractivity contribution < 1.29 is 22.7 Å². The molecule has 0 aliphatic carbocycles. The number of piperidine rings is 1. The quantitative estimate of drug-likeness (QED) is 0.440. The third-order valence-electron chi connectivity index (χ3n) is 5.89. The van der Waals surface area contributed by atoms with Crippen molar-refractivity contribution >= 4 is 55.1 Å². The smallest absolute Gasteiger partial charge is 0.326 e. The monoisotopic (exact) mass is 535 g/mol. The van der Waals surface area contributed by atoms with Crippen LogP contribution in [0.3, 0.4) is 0 Å². The molecule has 1 aliphatic rings.